The van der Waals surface area contributed by atoms with E-state index in [-0.39, 0.29) is 29.0 Å². The molecule has 5 nitrogen and oxygen atoms in total. The minimum absolute atomic E-state index is 0.0143. The van der Waals surface area contributed by atoms with Crippen molar-refractivity contribution in [2.75, 3.05) is 6.61 Å². The van der Waals surface area contributed by atoms with Gasteiger partial charge in [0.1, 0.15) is 11.6 Å². The fourth-order valence-electron chi connectivity index (χ4n) is 1.12. The van der Waals surface area contributed by atoms with Gasteiger partial charge in [-0.05, 0) is 28.9 Å². The fraction of sp³-hybridized carbons (Fsp3) is 0.300. The van der Waals surface area contributed by atoms with Crippen molar-refractivity contribution in [3.05, 3.63) is 32.5 Å². The Kier molecular flexibility index (Phi) is 4.56. The van der Waals surface area contributed by atoms with Crippen molar-refractivity contribution >= 4 is 27.4 Å². The summed E-state index contributed by atoms with van der Waals surface area (Å²) in [6, 6.07) is 1.84. The first-order valence-corrected chi connectivity index (χ1v) is 5.46. The molecule has 0 aromatic heterocycles. The van der Waals surface area contributed by atoms with Gasteiger partial charge in [0.15, 0.2) is 0 Å². The van der Waals surface area contributed by atoms with Crippen LogP contribution in [0.25, 0.3) is 0 Å². The Bertz CT molecular complexity index is 464. The minimum atomic E-state index is -0.739. The molecule has 0 aliphatic heterocycles. The maximum absolute atomic E-state index is 13.0. The zero-order chi connectivity index (χ0) is 13.0. The Labute approximate surface area is 105 Å². The van der Waals surface area contributed by atoms with Gasteiger partial charge in [-0.25, -0.2) is 4.39 Å². The second kappa shape index (κ2) is 5.72. The second-order valence-electron chi connectivity index (χ2n) is 3.29. The van der Waals surface area contributed by atoms with Crippen molar-refractivity contribution in [3.8, 4) is 5.75 Å². The highest BCUT2D eigenvalue weighted by Crippen LogP contribution is 2.35. The van der Waals surface area contributed by atoms with E-state index in [2.05, 4.69) is 15.9 Å². The number of benzene rings is 1. The standard InChI is InChI=1S/C10H9BrFNO4/c1-6(14)2-3-17-10-8(11)4-7(12)5-9(10)13(15)16/h4-5H,2-3H2,1H3. The molecule has 0 unspecified atom stereocenters. The van der Waals surface area contributed by atoms with Gasteiger partial charge in [0.2, 0.25) is 5.75 Å². The number of rotatable bonds is 5. The number of nitro benzene ring substituents is 1. The van der Waals surface area contributed by atoms with E-state index in [1.807, 2.05) is 0 Å². The number of hydrogen-bond donors (Lipinski definition) is 0. The summed E-state index contributed by atoms with van der Waals surface area (Å²) in [6.07, 6.45) is 0.140. The van der Waals surface area contributed by atoms with Crippen molar-refractivity contribution in [2.45, 2.75) is 13.3 Å². The average molecular weight is 306 g/mol. The van der Waals surface area contributed by atoms with Gasteiger partial charge in [-0.3, -0.25) is 14.9 Å². The van der Waals surface area contributed by atoms with E-state index in [0.29, 0.717) is 0 Å². The normalized spacial score (nSPS) is 10.1. The van der Waals surface area contributed by atoms with Crippen LogP contribution < -0.4 is 4.74 Å². The molecular weight excluding hydrogens is 297 g/mol. The van der Waals surface area contributed by atoms with Gasteiger partial charge < -0.3 is 4.74 Å². The molecule has 1 aromatic rings. The molecule has 0 atom stereocenters. The lowest BCUT2D eigenvalue weighted by Gasteiger charge is -2.07. The Morgan fingerprint density at radius 1 is 1.59 bits per heavy atom. The molecule has 0 saturated carbocycles. The number of ketones is 1. The predicted molar refractivity (Wildman–Crippen MR) is 61.5 cm³/mol. The molecule has 0 saturated heterocycles. The van der Waals surface area contributed by atoms with Gasteiger partial charge in [-0.2, -0.15) is 0 Å². The molecule has 0 heterocycles. The smallest absolute Gasteiger partial charge is 0.315 e. The molecule has 1 aromatic carbocycles. The summed E-state index contributed by atoms with van der Waals surface area (Å²) in [4.78, 5) is 20.7. The number of halogens is 2. The number of carbonyl (C=O) groups is 1. The molecule has 0 fully saturated rings. The molecule has 0 N–H and O–H groups in total. The van der Waals surface area contributed by atoms with Crippen LogP contribution in [0.4, 0.5) is 10.1 Å². The zero-order valence-electron chi connectivity index (χ0n) is 8.91. The van der Waals surface area contributed by atoms with Crippen LogP contribution in [0, 0.1) is 15.9 Å². The van der Waals surface area contributed by atoms with Crippen LogP contribution in [0.2, 0.25) is 0 Å². The third kappa shape index (κ3) is 3.77. The van der Waals surface area contributed by atoms with Crippen molar-refractivity contribution in [1.82, 2.24) is 0 Å². The molecule has 1 rings (SSSR count). The first-order chi connectivity index (χ1) is 7.91. The number of carbonyl (C=O) groups excluding carboxylic acids is 1. The van der Waals surface area contributed by atoms with Crippen LogP contribution in [0.3, 0.4) is 0 Å². The van der Waals surface area contributed by atoms with Gasteiger partial charge in [-0.1, -0.05) is 0 Å². The SMILES string of the molecule is CC(=O)CCOc1c(Br)cc(F)cc1[N+](=O)[O-]. The monoisotopic (exact) mass is 305 g/mol. The number of Topliss-reactive ketones (excluding diaryl/α,β-unsaturated/α-hetero) is 1. The Morgan fingerprint density at radius 2 is 2.24 bits per heavy atom. The summed E-state index contributed by atoms with van der Waals surface area (Å²) >= 11 is 2.98. The van der Waals surface area contributed by atoms with Gasteiger partial charge in [-0.15, -0.1) is 0 Å². The van der Waals surface area contributed by atoms with E-state index >= 15 is 0 Å². The molecular formula is C10H9BrFNO4. The van der Waals surface area contributed by atoms with E-state index in [9.17, 15) is 19.3 Å². The summed E-state index contributed by atoms with van der Waals surface area (Å²) in [5.41, 5.74) is -0.472. The highest BCUT2D eigenvalue weighted by Gasteiger charge is 2.20. The van der Waals surface area contributed by atoms with Gasteiger partial charge in [0.05, 0.1) is 22.1 Å². The Hall–Kier alpha value is -1.50. The Balaban J connectivity index is 2.96. The fourth-order valence-corrected chi connectivity index (χ4v) is 1.66. The van der Waals surface area contributed by atoms with Crippen LogP contribution in [-0.2, 0) is 4.79 Å². The van der Waals surface area contributed by atoms with Crippen LogP contribution in [0.15, 0.2) is 16.6 Å². The summed E-state index contributed by atoms with van der Waals surface area (Å²) in [7, 11) is 0. The highest BCUT2D eigenvalue weighted by molar-refractivity contribution is 9.10. The molecule has 92 valence electrons. The summed E-state index contributed by atoms with van der Waals surface area (Å²) in [5.74, 6) is -0.897. The lowest BCUT2D eigenvalue weighted by atomic mass is 10.3. The van der Waals surface area contributed by atoms with E-state index in [4.69, 9.17) is 4.74 Å². The molecule has 0 aliphatic carbocycles. The quantitative estimate of drug-likeness (QED) is 0.619. The van der Waals surface area contributed by atoms with Crippen LogP contribution in [0.5, 0.6) is 5.75 Å². The van der Waals surface area contributed by atoms with E-state index in [0.717, 1.165) is 12.1 Å². The first-order valence-electron chi connectivity index (χ1n) is 4.67. The molecule has 7 heteroatoms. The molecule has 0 aliphatic rings. The zero-order valence-corrected chi connectivity index (χ0v) is 10.5. The summed E-state index contributed by atoms with van der Waals surface area (Å²) in [5, 5.41) is 10.7. The number of ether oxygens (including phenoxy) is 1. The third-order valence-electron chi connectivity index (χ3n) is 1.89. The van der Waals surface area contributed by atoms with Crippen molar-refractivity contribution < 1.29 is 18.8 Å². The highest BCUT2D eigenvalue weighted by atomic mass is 79.9. The van der Waals surface area contributed by atoms with Gasteiger partial charge in [0, 0.05) is 6.42 Å². The molecule has 0 bridgehead atoms. The van der Waals surface area contributed by atoms with E-state index in [1.165, 1.54) is 6.92 Å². The second-order valence-corrected chi connectivity index (χ2v) is 4.15. The lowest BCUT2D eigenvalue weighted by molar-refractivity contribution is -0.386. The minimum Gasteiger partial charge on any atom is -0.486 e. The number of nitro groups is 1. The molecule has 0 radical (unpaired) electrons. The average Bonchev–Trinajstić information content (AvgIpc) is 2.19. The topological polar surface area (TPSA) is 69.4 Å². The lowest BCUT2D eigenvalue weighted by Crippen LogP contribution is -2.05. The summed E-state index contributed by atoms with van der Waals surface area (Å²) in [6.45, 7) is 1.40. The van der Waals surface area contributed by atoms with E-state index in [1.54, 1.807) is 0 Å². The number of nitrogens with zero attached hydrogens (tertiary/aromatic N) is 1. The van der Waals surface area contributed by atoms with Crippen LogP contribution >= 0.6 is 15.9 Å². The first kappa shape index (κ1) is 13.6. The molecule has 0 spiro atoms. The van der Waals surface area contributed by atoms with Crippen LogP contribution in [-0.4, -0.2) is 17.3 Å². The maximum atomic E-state index is 13.0. The predicted octanol–water partition coefficient (Wildman–Crippen LogP) is 2.85. The van der Waals surface area contributed by atoms with Crippen molar-refractivity contribution in [3.63, 3.8) is 0 Å². The summed E-state index contributed by atoms with van der Waals surface area (Å²) < 4.78 is 18.2. The van der Waals surface area contributed by atoms with Gasteiger partial charge in [0.25, 0.3) is 0 Å². The Morgan fingerprint density at radius 3 is 2.76 bits per heavy atom. The van der Waals surface area contributed by atoms with Crippen molar-refractivity contribution in [2.24, 2.45) is 0 Å². The molecule has 0 amide bonds. The third-order valence-corrected chi connectivity index (χ3v) is 2.48. The largest absolute Gasteiger partial charge is 0.486 e. The molecule has 17 heavy (non-hydrogen) atoms. The van der Waals surface area contributed by atoms with Crippen LogP contribution in [0.1, 0.15) is 13.3 Å². The number of hydrogen-bond acceptors (Lipinski definition) is 4. The van der Waals surface area contributed by atoms with Gasteiger partial charge >= 0.3 is 5.69 Å². The van der Waals surface area contributed by atoms with E-state index < -0.39 is 16.4 Å². The maximum Gasteiger partial charge on any atom is 0.315 e. The van der Waals surface area contributed by atoms with Crippen molar-refractivity contribution in [1.29, 1.82) is 0 Å².